The lowest BCUT2D eigenvalue weighted by molar-refractivity contribution is 0.697. The second-order valence-electron chi connectivity index (χ2n) is 5.95. The van der Waals surface area contributed by atoms with E-state index >= 15 is 0 Å². The minimum absolute atomic E-state index is 0.418. The Kier molecular flexibility index (Phi) is 5.15. The lowest BCUT2D eigenvalue weighted by atomic mass is 9.99. The number of imidazole rings is 1. The highest BCUT2D eigenvalue weighted by Crippen LogP contribution is 2.15. The van der Waals surface area contributed by atoms with Crippen LogP contribution < -0.4 is 10.6 Å². The molecule has 0 aliphatic carbocycles. The molecule has 1 unspecified atom stereocenters. The Balaban J connectivity index is 1.52. The lowest BCUT2D eigenvalue weighted by Crippen LogP contribution is -2.38. The number of nitrogens with one attached hydrogen (secondary N) is 2. The van der Waals surface area contributed by atoms with Crippen LogP contribution in [0.15, 0.2) is 47.0 Å². The molecule has 3 aromatic rings. The molecule has 2 N–H and O–H groups in total. The average Bonchev–Trinajstić information content (AvgIpc) is 3.16. The number of rotatable bonds is 5. The monoisotopic (exact) mass is 341 g/mol. The summed E-state index contributed by atoms with van der Waals surface area (Å²) in [7, 11) is 1.79. The first kappa shape index (κ1) is 16.5. The summed E-state index contributed by atoms with van der Waals surface area (Å²) in [4.78, 5) is 9.87. The number of aliphatic imine (C=N–C) groups is 1. The van der Waals surface area contributed by atoms with Crippen molar-refractivity contribution in [3.05, 3.63) is 58.9 Å². The van der Waals surface area contributed by atoms with Crippen molar-refractivity contribution in [3.8, 4) is 0 Å². The van der Waals surface area contributed by atoms with E-state index in [1.807, 2.05) is 22.2 Å². The third kappa shape index (κ3) is 3.94. The van der Waals surface area contributed by atoms with E-state index in [0.717, 1.165) is 23.2 Å². The Morgan fingerprint density at radius 3 is 3.00 bits per heavy atom. The maximum absolute atomic E-state index is 4.57. The van der Waals surface area contributed by atoms with Crippen LogP contribution in [0.3, 0.4) is 0 Å². The van der Waals surface area contributed by atoms with Gasteiger partial charge in [-0.3, -0.25) is 9.39 Å². The van der Waals surface area contributed by atoms with Crippen LogP contribution in [0.2, 0.25) is 0 Å². The molecule has 0 saturated carbocycles. The molecule has 0 radical (unpaired) electrons. The molecule has 0 fully saturated rings. The summed E-state index contributed by atoms with van der Waals surface area (Å²) < 4.78 is 2.04. The third-order valence-corrected chi connectivity index (χ3v) is 4.76. The Bertz CT molecular complexity index is 804. The fraction of sp³-hybridized carbons (Fsp3) is 0.333. The Hall–Kier alpha value is -2.34. The number of guanidine groups is 1. The molecular weight excluding hydrogens is 318 g/mol. The first-order chi connectivity index (χ1) is 11.7. The minimum atomic E-state index is 0.418. The second-order valence-corrected chi connectivity index (χ2v) is 6.82. The fourth-order valence-electron chi connectivity index (χ4n) is 2.60. The van der Waals surface area contributed by atoms with Gasteiger partial charge in [-0.05, 0) is 18.4 Å². The van der Waals surface area contributed by atoms with E-state index in [4.69, 9.17) is 0 Å². The standard InChI is InChI=1S/C18H23N5S/c1-13-5-4-6-15(9-13)14(2)10-20-17(19-3)21-11-16-12-23-7-8-24-18(23)22-16/h4-9,12,14H,10-11H2,1-3H3,(H2,19,20,21). The number of aromatic nitrogens is 2. The quantitative estimate of drug-likeness (QED) is 0.554. The van der Waals surface area contributed by atoms with Gasteiger partial charge in [0.15, 0.2) is 10.9 Å². The van der Waals surface area contributed by atoms with Gasteiger partial charge in [-0.25, -0.2) is 4.98 Å². The van der Waals surface area contributed by atoms with Gasteiger partial charge in [0.2, 0.25) is 0 Å². The highest BCUT2D eigenvalue weighted by atomic mass is 32.1. The lowest BCUT2D eigenvalue weighted by Gasteiger charge is -2.16. The molecule has 0 bridgehead atoms. The van der Waals surface area contributed by atoms with Crippen LogP contribution >= 0.6 is 11.3 Å². The number of hydrogen-bond donors (Lipinski definition) is 2. The number of benzene rings is 1. The van der Waals surface area contributed by atoms with Crippen LogP contribution in [0.5, 0.6) is 0 Å². The molecule has 0 amide bonds. The van der Waals surface area contributed by atoms with Gasteiger partial charge in [-0.2, -0.15) is 0 Å². The van der Waals surface area contributed by atoms with Crippen LogP contribution in [0, 0.1) is 6.92 Å². The van der Waals surface area contributed by atoms with Gasteiger partial charge in [-0.15, -0.1) is 11.3 Å². The number of fused-ring (bicyclic) bond motifs is 1. The first-order valence-corrected chi connectivity index (χ1v) is 8.96. The summed E-state index contributed by atoms with van der Waals surface area (Å²) in [6, 6.07) is 8.65. The molecule has 126 valence electrons. The predicted octanol–water partition coefficient (Wildman–Crippen LogP) is 3.17. The van der Waals surface area contributed by atoms with Crippen molar-refractivity contribution in [3.63, 3.8) is 0 Å². The maximum Gasteiger partial charge on any atom is 0.193 e. The van der Waals surface area contributed by atoms with Crippen LogP contribution in [0.25, 0.3) is 4.96 Å². The van der Waals surface area contributed by atoms with Gasteiger partial charge in [0.05, 0.1) is 12.2 Å². The highest BCUT2D eigenvalue weighted by Gasteiger charge is 2.08. The second kappa shape index (κ2) is 7.49. The van der Waals surface area contributed by atoms with Crippen molar-refractivity contribution in [2.45, 2.75) is 26.3 Å². The molecule has 6 heteroatoms. The molecule has 5 nitrogen and oxygen atoms in total. The molecule has 1 aromatic carbocycles. The molecule has 3 rings (SSSR count). The van der Waals surface area contributed by atoms with Crippen molar-refractivity contribution in [1.29, 1.82) is 0 Å². The highest BCUT2D eigenvalue weighted by molar-refractivity contribution is 7.15. The normalized spacial score (nSPS) is 13.2. The SMILES string of the molecule is CN=C(NCc1cn2ccsc2n1)NCC(C)c1cccc(C)c1. The van der Waals surface area contributed by atoms with E-state index in [2.05, 4.69) is 58.7 Å². The summed E-state index contributed by atoms with van der Waals surface area (Å²) in [5.41, 5.74) is 3.64. The van der Waals surface area contributed by atoms with E-state index in [0.29, 0.717) is 12.5 Å². The van der Waals surface area contributed by atoms with Gasteiger partial charge < -0.3 is 10.6 Å². The van der Waals surface area contributed by atoms with E-state index in [-0.39, 0.29) is 0 Å². The smallest absolute Gasteiger partial charge is 0.193 e. The van der Waals surface area contributed by atoms with Crippen LogP contribution in [-0.4, -0.2) is 28.9 Å². The number of aryl methyl sites for hydroxylation is 1. The summed E-state index contributed by atoms with van der Waals surface area (Å²) in [5, 5.41) is 8.75. The van der Waals surface area contributed by atoms with Crippen molar-refractivity contribution in [2.75, 3.05) is 13.6 Å². The number of thiazole rings is 1. The van der Waals surface area contributed by atoms with E-state index in [1.165, 1.54) is 11.1 Å². The molecule has 2 aromatic heterocycles. The van der Waals surface area contributed by atoms with E-state index in [1.54, 1.807) is 18.4 Å². The molecular formula is C18H23N5S. The number of nitrogens with zero attached hydrogens (tertiary/aromatic N) is 3. The molecule has 24 heavy (non-hydrogen) atoms. The van der Waals surface area contributed by atoms with E-state index in [9.17, 15) is 0 Å². The van der Waals surface area contributed by atoms with Crippen molar-refractivity contribution in [1.82, 2.24) is 20.0 Å². The topological polar surface area (TPSA) is 53.7 Å². The minimum Gasteiger partial charge on any atom is -0.356 e. The number of hydrogen-bond acceptors (Lipinski definition) is 3. The fourth-order valence-corrected chi connectivity index (χ4v) is 3.32. The molecule has 0 saturated heterocycles. The Morgan fingerprint density at radius 2 is 2.25 bits per heavy atom. The zero-order valence-electron chi connectivity index (χ0n) is 14.3. The van der Waals surface area contributed by atoms with Crippen molar-refractivity contribution < 1.29 is 0 Å². The van der Waals surface area contributed by atoms with Gasteiger partial charge in [-0.1, -0.05) is 36.8 Å². The van der Waals surface area contributed by atoms with Gasteiger partial charge in [0.25, 0.3) is 0 Å². The van der Waals surface area contributed by atoms with Gasteiger partial charge in [0, 0.05) is 31.4 Å². The summed E-state index contributed by atoms with van der Waals surface area (Å²) >= 11 is 1.64. The Morgan fingerprint density at radius 1 is 1.38 bits per heavy atom. The summed E-state index contributed by atoms with van der Waals surface area (Å²) in [5.74, 6) is 1.22. The third-order valence-electron chi connectivity index (χ3n) is 3.99. The predicted molar refractivity (Wildman–Crippen MR) is 101 cm³/mol. The van der Waals surface area contributed by atoms with Gasteiger partial charge >= 0.3 is 0 Å². The molecule has 0 aliphatic rings. The largest absolute Gasteiger partial charge is 0.356 e. The summed E-state index contributed by atoms with van der Waals surface area (Å²) in [6.07, 6.45) is 4.06. The van der Waals surface area contributed by atoms with Crippen LogP contribution in [0.1, 0.15) is 29.7 Å². The average molecular weight is 341 g/mol. The molecule has 0 spiro atoms. The first-order valence-electron chi connectivity index (χ1n) is 8.08. The molecule has 2 heterocycles. The zero-order chi connectivity index (χ0) is 16.9. The van der Waals surface area contributed by atoms with Crippen molar-refractivity contribution >= 4 is 22.3 Å². The maximum atomic E-state index is 4.57. The van der Waals surface area contributed by atoms with Crippen LogP contribution in [0.4, 0.5) is 0 Å². The molecule has 1 atom stereocenters. The van der Waals surface area contributed by atoms with Crippen molar-refractivity contribution in [2.24, 2.45) is 4.99 Å². The zero-order valence-corrected chi connectivity index (χ0v) is 15.1. The van der Waals surface area contributed by atoms with Gasteiger partial charge in [0.1, 0.15) is 0 Å². The van der Waals surface area contributed by atoms with E-state index < -0.39 is 0 Å². The van der Waals surface area contributed by atoms with Crippen LogP contribution in [-0.2, 0) is 6.54 Å². The Labute approximate surface area is 146 Å². The summed E-state index contributed by atoms with van der Waals surface area (Å²) in [6.45, 7) is 5.84. The molecule has 0 aliphatic heterocycles.